The molecule has 0 aliphatic heterocycles. The fraction of sp³-hybridized carbons (Fsp3) is 0.190. The van der Waals surface area contributed by atoms with E-state index in [1.165, 1.54) is 0 Å². The van der Waals surface area contributed by atoms with Gasteiger partial charge in [-0.2, -0.15) is 0 Å². The van der Waals surface area contributed by atoms with Crippen molar-refractivity contribution in [2.24, 2.45) is 0 Å². The molecular weight excluding hydrogens is 379 g/mol. The highest BCUT2D eigenvalue weighted by Gasteiger charge is 2.20. The van der Waals surface area contributed by atoms with Gasteiger partial charge in [-0.25, -0.2) is 17.5 Å². The molecule has 0 bridgehead atoms. The Bertz CT molecular complexity index is 1120. The van der Waals surface area contributed by atoms with Crippen molar-refractivity contribution in [3.8, 4) is 0 Å². The maximum absolute atomic E-state index is 14.2. The molecule has 1 atom stereocenters. The van der Waals surface area contributed by atoms with Crippen molar-refractivity contribution < 1.29 is 17.6 Å². The number of halogens is 1. The normalized spacial score (nSPS) is 12.7. The van der Waals surface area contributed by atoms with Crippen LogP contribution >= 0.6 is 0 Å². The largest absolute Gasteiger partial charge is 0.345 e. The lowest BCUT2D eigenvalue weighted by Gasteiger charge is -2.17. The summed E-state index contributed by atoms with van der Waals surface area (Å²) in [6.07, 6.45) is 0. The molecule has 0 spiro atoms. The van der Waals surface area contributed by atoms with Gasteiger partial charge in [0.2, 0.25) is 10.0 Å². The summed E-state index contributed by atoms with van der Waals surface area (Å²) in [5, 5.41) is 4.78. The van der Waals surface area contributed by atoms with Crippen LogP contribution < -0.4 is 10.0 Å². The third-order valence-electron chi connectivity index (χ3n) is 4.46. The van der Waals surface area contributed by atoms with E-state index in [1.54, 1.807) is 13.8 Å². The molecule has 0 heterocycles. The zero-order chi connectivity index (χ0) is 20.3. The minimum absolute atomic E-state index is 0.154. The number of rotatable bonds is 6. The second-order valence-electron chi connectivity index (χ2n) is 6.41. The molecule has 0 aliphatic rings. The Morgan fingerprint density at radius 2 is 1.79 bits per heavy atom. The minimum Gasteiger partial charge on any atom is -0.345 e. The van der Waals surface area contributed by atoms with Gasteiger partial charge in [0.1, 0.15) is 5.82 Å². The fourth-order valence-electron chi connectivity index (χ4n) is 3.10. The Kier molecular flexibility index (Phi) is 5.76. The molecular formula is C21H21FN2O3S. The number of carbonyl (C=O) groups is 1. The fourth-order valence-corrected chi connectivity index (χ4v) is 4.17. The highest BCUT2D eigenvalue weighted by atomic mass is 32.2. The molecule has 1 amide bonds. The number of hydrogen-bond acceptors (Lipinski definition) is 3. The van der Waals surface area contributed by atoms with Crippen LogP contribution in [-0.4, -0.2) is 20.9 Å². The van der Waals surface area contributed by atoms with Gasteiger partial charge in [-0.3, -0.25) is 4.79 Å². The summed E-state index contributed by atoms with van der Waals surface area (Å²) in [4.78, 5) is 12.5. The number of carbonyl (C=O) groups excluding carboxylic acids is 1. The second kappa shape index (κ2) is 8.08. The highest BCUT2D eigenvalue weighted by Crippen LogP contribution is 2.25. The quantitative estimate of drug-likeness (QED) is 0.661. The molecule has 3 aromatic rings. The Morgan fingerprint density at radius 1 is 1.07 bits per heavy atom. The van der Waals surface area contributed by atoms with Crippen LogP contribution in [0.5, 0.6) is 0 Å². The molecule has 7 heteroatoms. The number of amides is 1. The molecule has 0 radical (unpaired) electrons. The molecule has 2 N–H and O–H groups in total. The van der Waals surface area contributed by atoms with E-state index in [1.807, 2.05) is 42.5 Å². The van der Waals surface area contributed by atoms with Crippen LogP contribution in [0.1, 0.15) is 35.8 Å². The van der Waals surface area contributed by atoms with Crippen LogP contribution in [0.25, 0.3) is 10.8 Å². The molecule has 0 saturated heterocycles. The van der Waals surface area contributed by atoms with Gasteiger partial charge >= 0.3 is 0 Å². The van der Waals surface area contributed by atoms with Crippen molar-refractivity contribution in [2.75, 3.05) is 6.54 Å². The van der Waals surface area contributed by atoms with Gasteiger partial charge in [0.25, 0.3) is 5.91 Å². The van der Waals surface area contributed by atoms with E-state index < -0.39 is 27.8 Å². The smallest absolute Gasteiger partial charge is 0.254 e. The van der Waals surface area contributed by atoms with Crippen molar-refractivity contribution in [1.29, 1.82) is 0 Å². The Balaban J connectivity index is 1.90. The van der Waals surface area contributed by atoms with Crippen molar-refractivity contribution in [3.05, 3.63) is 77.6 Å². The zero-order valence-corrected chi connectivity index (χ0v) is 16.4. The third kappa shape index (κ3) is 4.05. The topological polar surface area (TPSA) is 75.3 Å². The number of fused-ring (bicyclic) bond motifs is 1. The lowest BCUT2D eigenvalue weighted by atomic mass is 9.99. The second-order valence-corrected chi connectivity index (χ2v) is 8.17. The summed E-state index contributed by atoms with van der Waals surface area (Å²) in [6, 6.07) is 16.3. The minimum atomic E-state index is -3.79. The lowest BCUT2D eigenvalue weighted by molar-refractivity contribution is 0.0936. The third-order valence-corrected chi connectivity index (χ3v) is 6.01. The van der Waals surface area contributed by atoms with E-state index in [0.717, 1.165) is 34.5 Å². The van der Waals surface area contributed by atoms with Gasteiger partial charge in [0.05, 0.1) is 16.5 Å². The molecule has 0 saturated carbocycles. The van der Waals surface area contributed by atoms with E-state index in [2.05, 4.69) is 10.0 Å². The van der Waals surface area contributed by atoms with Gasteiger partial charge in [0, 0.05) is 6.54 Å². The lowest BCUT2D eigenvalue weighted by Crippen LogP contribution is -2.28. The molecule has 0 aromatic heterocycles. The van der Waals surface area contributed by atoms with E-state index in [4.69, 9.17) is 0 Å². The molecule has 0 fully saturated rings. The Labute approximate surface area is 163 Å². The van der Waals surface area contributed by atoms with E-state index >= 15 is 0 Å². The van der Waals surface area contributed by atoms with Crippen LogP contribution in [0, 0.1) is 5.82 Å². The average molecular weight is 400 g/mol. The first-order valence-corrected chi connectivity index (χ1v) is 10.4. The van der Waals surface area contributed by atoms with Crippen LogP contribution in [0.2, 0.25) is 0 Å². The Morgan fingerprint density at radius 3 is 2.54 bits per heavy atom. The summed E-state index contributed by atoms with van der Waals surface area (Å²) in [6.45, 7) is 3.64. The van der Waals surface area contributed by atoms with Crippen molar-refractivity contribution in [3.63, 3.8) is 0 Å². The van der Waals surface area contributed by atoms with E-state index in [0.29, 0.717) is 0 Å². The van der Waals surface area contributed by atoms with Gasteiger partial charge in [0.15, 0.2) is 0 Å². The SMILES string of the molecule is CCNS(=O)(=O)c1ccc(F)c(C(=O)NC(C)c2cccc3ccccc23)c1. The maximum atomic E-state index is 14.2. The zero-order valence-electron chi connectivity index (χ0n) is 15.6. The molecule has 0 aliphatic carbocycles. The number of benzene rings is 3. The molecule has 5 nitrogen and oxygen atoms in total. The summed E-state index contributed by atoms with van der Waals surface area (Å²) in [7, 11) is -3.79. The van der Waals surface area contributed by atoms with E-state index in [9.17, 15) is 17.6 Å². The van der Waals surface area contributed by atoms with Crippen LogP contribution in [0.15, 0.2) is 65.6 Å². The van der Waals surface area contributed by atoms with Crippen molar-refractivity contribution in [2.45, 2.75) is 24.8 Å². The summed E-state index contributed by atoms with van der Waals surface area (Å²) < 4.78 is 40.8. The first-order valence-electron chi connectivity index (χ1n) is 8.91. The average Bonchev–Trinajstić information content (AvgIpc) is 2.67. The summed E-state index contributed by atoms with van der Waals surface area (Å²) >= 11 is 0. The number of sulfonamides is 1. The van der Waals surface area contributed by atoms with Crippen molar-refractivity contribution >= 4 is 26.7 Å². The Hall–Kier alpha value is -2.77. The molecule has 146 valence electrons. The van der Waals surface area contributed by atoms with Crippen molar-refractivity contribution in [1.82, 2.24) is 10.0 Å². The number of hydrogen-bond donors (Lipinski definition) is 2. The van der Waals surface area contributed by atoms with Gasteiger partial charge in [-0.1, -0.05) is 49.4 Å². The van der Waals surface area contributed by atoms with E-state index in [-0.39, 0.29) is 17.0 Å². The molecule has 3 rings (SSSR count). The van der Waals surface area contributed by atoms with Crippen LogP contribution in [0.3, 0.4) is 0 Å². The first-order chi connectivity index (χ1) is 13.3. The first kappa shape index (κ1) is 20.0. The predicted molar refractivity (Wildman–Crippen MR) is 107 cm³/mol. The predicted octanol–water partition coefficient (Wildman–Crippen LogP) is 3.77. The molecule has 3 aromatic carbocycles. The van der Waals surface area contributed by atoms with Gasteiger partial charge in [-0.15, -0.1) is 0 Å². The van der Waals surface area contributed by atoms with Gasteiger partial charge < -0.3 is 5.32 Å². The number of nitrogens with one attached hydrogen (secondary N) is 2. The van der Waals surface area contributed by atoms with Crippen LogP contribution in [-0.2, 0) is 10.0 Å². The monoisotopic (exact) mass is 400 g/mol. The molecule has 1 unspecified atom stereocenters. The van der Waals surface area contributed by atoms with Gasteiger partial charge in [-0.05, 0) is 41.5 Å². The standard InChI is InChI=1S/C21H21FN2O3S/c1-3-23-28(26,27)16-11-12-20(22)19(13-16)21(25)24-14(2)17-10-6-8-15-7-4-5-9-18(15)17/h4-14,23H,3H2,1-2H3,(H,24,25). The highest BCUT2D eigenvalue weighted by molar-refractivity contribution is 7.89. The summed E-state index contributed by atoms with van der Waals surface area (Å²) in [5.74, 6) is -1.45. The summed E-state index contributed by atoms with van der Waals surface area (Å²) in [5.41, 5.74) is 0.578. The maximum Gasteiger partial charge on any atom is 0.254 e. The van der Waals surface area contributed by atoms with Crippen LogP contribution in [0.4, 0.5) is 4.39 Å². The molecule has 28 heavy (non-hydrogen) atoms.